The fourth-order valence-corrected chi connectivity index (χ4v) is 2.50. The van der Waals surface area contributed by atoms with E-state index in [4.69, 9.17) is 0 Å². The first-order valence-corrected chi connectivity index (χ1v) is 6.92. The fraction of sp³-hybridized carbons (Fsp3) is 0.533. The molecule has 1 atom stereocenters. The summed E-state index contributed by atoms with van der Waals surface area (Å²) in [7, 11) is 3.82. The van der Waals surface area contributed by atoms with Gasteiger partial charge in [-0.2, -0.15) is 0 Å². The van der Waals surface area contributed by atoms with Gasteiger partial charge >= 0.3 is 0 Å². The Morgan fingerprint density at radius 3 is 2.89 bits per heavy atom. The summed E-state index contributed by atoms with van der Waals surface area (Å²) in [6.07, 6.45) is 1.79. The van der Waals surface area contributed by atoms with Gasteiger partial charge in [0.25, 0.3) is 0 Å². The van der Waals surface area contributed by atoms with Crippen LogP contribution in [-0.4, -0.2) is 44.0 Å². The van der Waals surface area contributed by atoms with Crippen LogP contribution in [0.15, 0.2) is 24.3 Å². The molecule has 1 aromatic carbocycles. The number of amides is 1. The summed E-state index contributed by atoms with van der Waals surface area (Å²) in [5, 5.41) is 6.44. The summed E-state index contributed by atoms with van der Waals surface area (Å²) < 4.78 is 0. The minimum absolute atomic E-state index is 0.0746. The maximum Gasteiger partial charge on any atom is 0.239 e. The van der Waals surface area contributed by atoms with Crippen LogP contribution in [0.25, 0.3) is 0 Å². The van der Waals surface area contributed by atoms with Gasteiger partial charge in [0.2, 0.25) is 5.91 Å². The highest BCUT2D eigenvalue weighted by atomic mass is 16.2. The highest BCUT2D eigenvalue weighted by Gasteiger charge is 2.25. The van der Waals surface area contributed by atoms with E-state index >= 15 is 0 Å². The number of nitrogens with one attached hydrogen (secondary N) is 2. The van der Waals surface area contributed by atoms with Crippen molar-refractivity contribution < 1.29 is 4.79 Å². The molecule has 1 heterocycles. The lowest BCUT2D eigenvalue weighted by Crippen LogP contribution is -2.48. The van der Waals surface area contributed by atoms with Gasteiger partial charge in [0.15, 0.2) is 0 Å². The third kappa shape index (κ3) is 3.55. The quantitative estimate of drug-likeness (QED) is 0.770. The number of hydrogen-bond acceptors (Lipinski definition) is 3. The molecule has 104 valence electrons. The Balaban J connectivity index is 1.91. The fourth-order valence-electron chi connectivity index (χ4n) is 2.50. The highest BCUT2D eigenvalue weighted by Crippen LogP contribution is 2.17. The SMILES string of the molecule is CNCCCN(C)C(=O)C1Cc2ccccc2CN1. The van der Waals surface area contributed by atoms with Crippen LogP contribution in [0.3, 0.4) is 0 Å². The van der Waals surface area contributed by atoms with Crippen molar-refractivity contribution in [3.63, 3.8) is 0 Å². The number of hydrogen-bond donors (Lipinski definition) is 2. The summed E-state index contributed by atoms with van der Waals surface area (Å²) in [6.45, 7) is 2.54. The average Bonchev–Trinajstić information content (AvgIpc) is 2.46. The predicted molar refractivity (Wildman–Crippen MR) is 77.0 cm³/mol. The lowest BCUT2D eigenvalue weighted by molar-refractivity contribution is -0.132. The number of benzene rings is 1. The second kappa shape index (κ2) is 6.68. The molecule has 1 aliphatic rings. The normalized spacial score (nSPS) is 17.9. The molecule has 0 bridgehead atoms. The van der Waals surface area contributed by atoms with Gasteiger partial charge in [-0.25, -0.2) is 0 Å². The predicted octanol–water partition coefficient (Wildman–Crippen LogP) is 0.769. The summed E-state index contributed by atoms with van der Waals surface area (Å²) >= 11 is 0. The van der Waals surface area contributed by atoms with Gasteiger partial charge in [-0.1, -0.05) is 24.3 Å². The molecule has 1 amide bonds. The van der Waals surface area contributed by atoms with Gasteiger partial charge in [0.05, 0.1) is 6.04 Å². The molecule has 0 aromatic heterocycles. The van der Waals surface area contributed by atoms with Crippen molar-refractivity contribution in [1.82, 2.24) is 15.5 Å². The Morgan fingerprint density at radius 2 is 2.16 bits per heavy atom. The van der Waals surface area contributed by atoms with Crippen molar-refractivity contribution in [2.75, 3.05) is 27.2 Å². The van der Waals surface area contributed by atoms with Gasteiger partial charge in [-0.05, 0) is 37.6 Å². The maximum absolute atomic E-state index is 12.3. The third-order valence-electron chi connectivity index (χ3n) is 3.68. The van der Waals surface area contributed by atoms with Crippen molar-refractivity contribution in [2.45, 2.75) is 25.4 Å². The van der Waals surface area contributed by atoms with Crippen molar-refractivity contribution in [3.05, 3.63) is 35.4 Å². The van der Waals surface area contributed by atoms with E-state index in [1.807, 2.05) is 31.1 Å². The molecular formula is C15H23N3O. The van der Waals surface area contributed by atoms with E-state index in [1.165, 1.54) is 11.1 Å². The van der Waals surface area contributed by atoms with Crippen LogP contribution in [0, 0.1) is 0 Å². The number of fused-ring (bicyclic) bond motifs is 1. The molecule has 1 aromatic rings. The van der Waals surface area contributed by atoms with E-state index in [9.17, 15) is 4.79 Å². The van der Waals surface area contributed by atoms with Gasteiger partial charge in [-0.3, -0.25) is 4.79 Å². The lowest BCUT2D eigenvalue weighted by Gasteiger charge is -2.29. The zero-order valence-electron chi connectivity index (χ0n) is 11.8. The molecule has 0 radical (unpaired) electrons. The van der Waals surface area contributed by atoms with Crippen LogP contribution in [-0.2, 0) is 17.8 Å². The Labute approximate surface area is 115 Å². The zero-order chi connectivity index (χ0) is 13.7. The van der Waals surface area contributed by atoms with Gasteiger partial charge in [-0.15, -0.1) is 0 Å². The number of nitrogens with zero attached hydrogens (tertiary/aromatic N) is 1. The molecule has 4 nitrogen and oxygen atoms in total. The van der Waals surface area contributed by atoms with Crippen LogP contribution < -0.4 is 10.6 Å². The monoisotopic (exact) mass is 261 g/mol. The van der Waals surface area contributed by atoms with Crippen molar-refractivity contribution in [3.8, 4) is 0 Å². The zero-order valence-corrected chi connectivity index (χ0v) is 11.8. The number of likely N-dealkylation sites (N-methyl/N-ethyl adjacent to an activating group) is 1. The molecule has 1 aliphatic heterocycles. The van der Waals surface area contributed by atoms with Crippen LogP contribution in [0.2, 0.25) is 0 Å². The molecule has 19 heavy (non-hydrogen) atoms. The molecule has 0 spiro atoms. The topological polar surface area (TPSA) is 44.4 Å². The van der Waals surface area contributed by atoms with E-state index in [1.54, 1.807) is 0 Å². The lowest BCUT2D eigenvalue weighted by atomic mass is 9.95. The highest BCUT2D eigenvalue weighted by molar-refractivity contribution is 5.82. The van der Waals surface area contributed by atoms with Crippen molar-refractivity contribution >= 4 is 5.91 Å². The minimum Gasteiger partial charge on any atom is -0.344 e. The molecule has 4 heteroatoms. The van der Waals surface area contributed by atoms with Crippen molar-refractivity contribution in [1.29, 1.82) is 0 Å². The summed E-state index contributed by atoms with van der Waals surface area (Å²) in [5.74, 6) is 0.200. The first kappa shape index (κ1) is 14.0. The number of rotatable bonds is 5. The number of carbonyl (C=O) groups excluding carboxylic acids is 1. The van der Waals surface area contributed by atoms with E-state index in [-0.39, 0.29) is 11.9 Å². The molecule has 1 unspecified atom stereocenters. The summed E-state index contributed by atoms with van der Waals surface area (Å²) in [4.78, 5) is 14.2. The molecule has 2 rings (SSSR count). The molecule has 0 saturated carbocycles. The van der Waals surface area contributed by atoms with Gasteiger partial charge in [0, 0.05) is 20.1 Å². The Kier molecular flexibility index (Phi) is 4.93. The first-order valence-electron chi connectivity index (χ1n) is 6.92. The van der Waals surface area contributed by atoms with Crippen LogP contribution in [0.4, 0.5) is 0 Å². The van der Waals surface area contributed by atoms with Gasteiger partial charge < -0.3 is 15.5 Å². The standard InChI is InChI=1S/C15H23N3O/c1-16-8-5-9-18(2)15(19)14-10-12-6-3-4-7-13(12)11-17-14/h3-4,6-7,14,16-17H,5,8-11H2,1-2H3. The van der Waals surface area contributed by atoms with Crippen molar-refractivity contribution in [2.24, 2.45) is 0 Å². The minimum atomic E-state index is -0.0746. The molecule has 2 N–H and O–H groups in total. The average molecular weight is 261 g/mol. The van der Waals surface area contributed by atoms with Crippen LogP contribution in [0.5, 0.6) is 0 Å². The van der Waals surface area contributed by atoms with E-state index in [0.717, 1.165) is 32.5 Å². The second-order valence-electron chi connectivity index (χ2n) is 5.12. The van der Waals surface area contributed by atoms with E-state index in [0.29, 0.717) is 0 Å². The Bertz CT molecular complexity index is 433. The largest absolute Gasteiger partial charge is 0.344 e. The Hall–Kier alpha value is -1.39. The molecular weight excluding hydrogens is 238 g/mol. The van der Waals surface area contributed by atoms with Gasteiger partial charge in [0.1, 0.15) is 0 Å². The van der Waals surface area contributed by atoms with Crippen LogP contribution >= 0.6 is 0 Å². The van der Waals surface area contributed by atoms with E-state index < -0.39 is 0 Å². The smallest absolute Gasteiger partial charge is 0.239 e. The molecule has 0 saturated heterocycles. The second-order valence-corrected chi connectivity index (χ2v) is 5.12. The molecule has 0 fully saturated rings. The Morgan fingerprint density at radius 1 is 1.42 bits per heavy atom. The number of carbonyl (C=O) groups is 1. The first-order chi connectivity index (χ1) is 9.22. The van der Waals surface area contributed by atoms with Crippen LogP contribution in [0.1, 0.15) is 17.5 Å². The van der Waals surface area contributed by atoms with E-state index in [2.05, 4.69) is 22.8 Å². The summed E-state index contributed by atoms with van der Waals surface area (Å²) in [6, 6.07) is 8.26. The maximum atomic E-state index is 12.3. The third-order valence-corrected chi connectivity index (χ3v) is 3.68. The summed E-state index contributed by atoms with van der Waals surface area (Å²) in [5.41, 5.74) is 2.60. The molecule has 0 aliphatic carbocycles.